The Bertz CT molecular complexity index is 78.6. The smallest absolute Gasteiger partial charge is 0.0739 e. The van der Waals surface area contributed by atoms with Crippen LogP contribution in [0.15, 0.2) is 0 Å². The third-order valence-corrected chi connectivity index (χ3v) is 2.55. The highest BCUT2D eigenvalue weighted by Crippen LogP contribution is 2.37. The minimum absolute atomic E-state index is 0.235. The Hall–Kier alpha value is 0.310. The van der Waals surface area contributed by atoms with Gasteiger partial charge in [0.15, 0.2) is 0 Å². The van der Waals surface area contributed by atoms with E-state index in [1.807, 2.05) is 11.8 Å². The van der Waals surface area contributed by atoms with E-state index >= 15 is 0 Å². The van der Waals surface area contributed by atoms with Crippen LogP contribution in [0.1, 0.15) is 19.8 Å². The van der Waals surface area contributed by atoms with E-state index in [1.54, 1.807) is 0 Å². The number of thioether (sulfide) groups is 1. The number of rotatable bonds is 3. The van der Waals surface area contributed by atoms with Crippen LogP contribution in [0, 0.1) is 0 Å². The maximum atomic E-state index is 9.24. The van der Waals surface area contributed by atoms with E-state index in [0.29, 0.717) is 0 Å². The molecule has 1 N–H and O–H groups in total. The van der Waals surface area contributed by atoms with Crippen molar-refractivity contribution in [1.82, 2.24) is 0 Å². The van der Waals surface area contributed by atoms with Crippen molar-refractivity contribution < 1.29 is 5.11 Å². The van der Waals surface area contributed by atoms with Gasteiger partial charge in [-0.3, -0.25) is 0 Å². The first-order valence-corrected chi connectivity index (χ1v) is 4.22. The van der Waals surface area contributed by atoms with Crippen LogP contribution in [0.5, 0.6) is 0 Å². The predicted molar refractivity (Wildman–Crippen MR) is 37.2 cm³/mol. The Labute approximate surface area is 54.5 Å². The molecule has 1 rings (SSSR count). The third-order valence-electron chi connectivity index (χ3n) is 1.40. The number of hydrogen-bond acceptors (Lipinski definition) is 2. The Morgan fingerprint density at radius 2 is 2.25 bits per heavy atom. The van der Waals surface area contributed by atoms with Gasteiger partial charge in [0.05, 0.1) is 5.60 Å². The van der Waals surface area contributed by atoms with Crippen molar-refractivity contribution in [3.63, 3.8) is 0 Å². The molecule has 0 heterocycles. The maximum Gasteiger partial charge on any atom is 0.0739 e. The van der Waals surface area contributed by atoms with Crippen molar-refractivity contribution in [2.45, 2.75) is 25.4 Å². The molecule has 48 valence electrons. The summed E-state index contributed by atoms with van der Waals surface area (Å²) in [7, 11) is 0. The monoisotopic (exact) mass is 132 g/mol. The van der Waals surface area contributed by atoms with Crippen LogP contribution in [0.3, 0.4) is 0 Å². The van der Waals surface area contributed by atoms with Gasteiger partial charge in [-0.05, 0) is 18.6 Å². The molecule has 1 aliphatic carbocycles. The largest absolute Gasteiger partial charge is 0.389 e. The molecule has 0 aromatic carbocycles. The summed E-state index contributed by atoms with van der Waals surface area (Å²) in [6.45, 7) is 2.12. The van der Waals surface area contributed by atoms with E-state index in [1.165, 1.54) is 0 Å². The van der Waals surface area contributed by atoms with Gasteiger partial charge in [0, 0.05) is 5.75 Å². The van der Waals surface area contributed by atoms with Crippen LogP contribution in [-0.4, -0.2) is 22.2 Å². The minimum Gasteiger partial charge on any atom is -0.389 e. The van der Waals surface area contributed by atoms with E-state index in [9.17, 15) is 5.11 Å². The molecule has 0 atom stereocenters. The summed E-state index contributed by atoms with van der Waals surface area (Å²) >= 11 is 1.83. The van der Waals surface area contributed by atoms with Gasteiger partial charge in [0.25, 0.3) is 0 Å². The summed E-state index contributed by atoms with van der Waals surface area (Å²) < 4.78 is 0. The zero-order chi connectivity index (χ0) is 6.04. The lowest BCUT2D eigenvalue weighted by Gasteiger charge is -2.02. The molecule has 0 aromatic rings. The summed E-state index contributed by atoms with van der Waals surface area (Å²) in [5.41, 5.74) is -0.235. The maximum absolute atomic E-state index is 9.24. The van der Waals surface area contributed by atoms with Crippen LogP contribution in [-0.2, 0) is 0 Å². The fourth-order valence-corrected chi connectivity index (χ4v) is 1.45. The Morgan fingerprint density at radius 3 is 2.62 bits per heavy atom. The second-order valence-corrected chi connectivity index (χ2v) is 3.64. The highest BCUT2D eigenvalue weighted by atomic mass is 32.2. The van der Waals surface area contributed by atoms with Gasteiger partial charge in [-0.1, -0.05) is 6.92 Å². The number of aliphatic hydroxyl groups is 1. The van der Waals surface area contributed by atoms with Crippen molar-refractivity contribution >= 4 is 11.8 Å². The SMILES string of the molecule is CCSCC1(O)CC1. The van der Waals surface area contributed by atoms with Gasteiger partial charge >= 0.3 is 0 Å². The first-order chi connectivity index (χ1) is 3.77. The van der Waals surface area contributed by atoms with E-state index < -0.39 is 0 Å². The van der Waals surface area contributed by atoms with Crippen LogP contribution >= 0.6 is 11.8 Å². The first kappa shape index (κ1) is 6.43. The number of hydrogen-bond donors (Lipinski definition) is 1. The van der Waals surface area contributed by atoms with Crippen molar-refractivity contribution in [2.75, 3.05) is 11.5 Å². The molecule has 1 saturated carbocycles. The molecule has 0 aromatic heterocycles. The molecule has 1 aliphatic rings. The van der Waals surface area contributed by atoms with Gasteiger partial charge < -0.3 is 5.11 Å². The molecule has 0 unspecified atom stereocenters. The van der Waals surface area contributed by atoms with Gasteiger partial charge in [0.1, 0.15) is 0 Å². The lowest BCUT2D eigenvalue weighted by molar-refractivity contribution is 0.177. The molecule has 0 bridgehead atoms. The molecule has 0 amide bonds. The summed E-state index contributed by atoms with van der Waals surface area (Å²) in [6, 6.07) is 0. The quantitative estimate of drug-likeness (QED) is 0.624. The van der Waals surface area contributed by atoms with Crippen LogP contribution < -0.4 is 0 Å². The molecule has 2 heteroatoms. The third kappa shape index (κ3) is 1.67. The first-order valence-electron chi connectivity index (χ1n) is 3.07. The second kappa shape index (κ2) is 2.28. The molecule has 0 spiro atoms. The molecule has 0 radical (unpaired) electrons. The molecule has 0 aliphatic heterocycles. The average molecular weight is 132 g/mol. The highest BCUT2D eigenvalue weighted by molar-refractivity contribution is 7.99. The van der Waals surface area contributed by atoms with Gasteiger partial charge in [-0.15, -0.1) is 0 Å². The van der Waals surface area contributed by atoms with Crippen LogP contribution in [0.2, 0.25) is 0 Å². The summed E-state index contributed by atoms with van der Waals surface area (Å²) in [5.74, 6) is 2.08. The van der Waals surface area contributed by atoms with Gasteiger partial charge in [-0.2, -0.15) is 11.8 Å². The Morgan fingerprint density at radius 1 is 1.62 bits per heavy atom. The van der Waals surface area contributed by atoms with Crippen LogP contribution in [0.4, 0.5) is 0 Å². The molecule has 1 nitrogen and oxygen atoms in total. The lowest BCUT2D eigenvalue weighted by Crippen LogP contribution is -2.09. The van der Waals surface area contributed by atoms with Crippen molar-refractivity contribution in [3.8, 4) is 0 Å². The van der Waals surface area contributed by atoms with E-state index in [4.69, 9.17) is 0 Å². The molecule has 1 fully saturated rings. The zero-order valence-electron chi connectivity index (χ0n) is 5.18. The van der Waals surface area contributed by atoms with Crippen molar-refractivity contribution in [1.29, 1.82) is 0 Å². The molecular weight excluding hydrogens is 120 g/mol. The Balaban J connectivity index is 2.01. The van der Waals surface area contributed by atoms with Gasteiger partial charge in [0.2, 0.25) is 0 Å². The zero-order valence-corrected chi connectivity index (χ0v) is 6.00. The summed E-state index contributed by atoms with van der Waals surface area (Å²) in [4.78, 5) is 0. The standard InChI is InChI=1S/C6H12OS/c1-2-8-5-6(7)3-4-6/h7H,2-5H2,1H3. The normalized spacial score (nSPS) is 23.2. The topological polar surface area (TPSA) is 20.2 Å². The minimum atomic E-state index is -0.235. The van der Waals surface area contributed by atoms with E-state index in [2.05, 4.69) is 6.92 Å². The average Bonchev–Trinajstić information content (AvgIpc) is 2.45. The van der Waals surface area contributed by atoms with Gasteiger partial charge in [-0.25, -0.2) is 0 Å². The summed E-state index contributed by atoms with van der Waals surface area (Å²) in [5, 5.41) is 9.24. The van der Waals surface area contributed by atoms with E-state index in [-0.39, 0.29) is 5.60 Å². The molecular formula is C6H12OS. The highest BCUT2D eigenvalue weighted by Gasteiger charge is 2.39. The molecule has 0 saturated heterocycles. The predicted octanol–water partition coefficient (Wildman–Crippen LogP) is 1.26. The van der Waals surface area contributed by atoms with Crippen molar-refractivity contribution in [3.05, 3.63) is 0 Å². The summed E-state index contributed by atoms with van der Waals surface area (Å²) in [6.07, 6.45) is 2.06. The van der Waals surface area contributed by atoms with Crippen molar-refractivity contribution in [2.24, 2.45) is 0 Å². The fourth-order valence-electron chi connectivity index (χ4n) is 0.581. The molecule has 8 heavy (non-hydrogen) atoms. The van der Waals surface area contributed by atoms with Crippen LogP contribution in [0.25, 0.3) is 0 Å². The Kier molecular flexibility index (Phi) is 1.83. The van der Waals surface area contributed by atoms with E-state index in [0.717, 1.165) is 24.3 Å². The lowest BCUT2D eigenvalue weighted by atomic mass is 10.4. The second-order valence-electron chi connectivity index (χ2n) is 2.36. The fraction of sp³-hybridized carbons (Fsp3) is 1.00.